The first kappa shape index (κ1) is 16.5. The molecule has 1 aromatic heterocycles. The van der Waals surface area contributed by atoms with Gasteiger partial charge >= 0.3 is 0 Å². The van der Waals surface area contributed by atoms with Crippen molar-refractivity contribution in [2.24, 2.45) is 13.0 Å². The zero-order valence-electron chi connectivity index (χ0n) is 14.4. The summed E-state index contributed by atoms with van der Waals surface area (Å²) in [6, 6.07) is 7.86. The maximum absolute atomic E-state index is 9.13. The highest BCUT2D eigenvalue weighted by atomic mass is 16.5. The van der Waals surface area contributed by atoms with Crippen molar-refractivity contribution < 1.29 is 4.74 Å². The van der Waals surface area contributed by atoms with E-state index in [1.165, 1.54) is 12.8 Å². The molecule has 0 N–H and O–H groups in total. The summed E-state index contributed by atoms with van der Waals surface area (Å²) in [4.78, 5) is 6.93. The molecule has 3 rings (SSSR count). The van der Waals surface area contributed by atoms with Crippen LogP contribution in [0.3, 0.4) is 0 Å². The number of aryl methyl sites for hydroxylation is 1. The predicted molar refractivity (Wildman–Crippen MR) is 92.6 cm³/mol. The quantitative estimate of drug-likeness (QED) is 0.848. The van der Waals surface area contributed by atoms with Crippen molar-refractivity contribution in [3.05, 3.63) is 47.5 Å². The van der Waals surface area contributed by atoms with Gasteiger partial charge in [0.05, 0.1) is 18.7 Å². The lowest BCUT2D eigenvalue weighted by atomic mass is 9.94. The maximum Gasteiger partial charge on any atom is 0.123 e. The molecule has 1 fully saturated rings. The van der Waals surface area contributed by atoms with Gasteiger partial charge in [-0.15, -0.1) is 0 Å². The van der Waals surface area contributed by atoms with Crippen LogP contribution in [0.5, 0.6) is 5.75 Å². The molecule has 0 saturated carbocycles. The van der Waals surface area contributed by atoms with Crippen LogP contribution in [-0.2, 0) is 20.0 Å². The van der Waals surface area contributed by atoms with Crippen LogP contribution < -0.4 is 4.74 Å². The minimum Gasteiger partial charge on any atom is -0.496 e. The molecule has 1 aliphatic rings. The molecule has 5 heteroatoms. The molecule has 24 heavy (non-hydrogen) atoms. The Labute approximate surface area is 143 Å². The number of ether oxygens (including phenoxy) is 1. The highest BCUT2D eigenvalue weighted by Crippen LogP contribution is 2.25. The largest absolute Gasteiger partial charge is 0.496 e. The number of nitriles is 1. The van der Waals surface area contributed by atoms with Crippen molar-refractivity contribution in [3.63, 3.8) is 0 Å². The van der Waals surface area contributed by atoms with Gasteiger partial charge < -0.3 is 9.30 Å². The van der Waals surface area contributed by atoms with Gasteiger partial charge in [-0.25, -0.2) is 4.98 Å². The van der Waals surface area contributed by atoms with Crippen molar-refractivity contribution in [1.82, 2.24) is 14.5 Å². The third kappa shape index (κ3) is 3.77. The van der Waals surface area contributed by atoms with Crippen LogP contribution >= 0.6 is 0 Å². The number of aromatic nitrogens is 2. The summed E-state index contributed by atoms with van der Waals surface area (Å²) in [5.41, 5.74) is 1.78. The van der Waals surface area contributed by atoms with E-state index >= 15 is 0 Å². The Hall–Kier alpha value is -2.32. The number of piperidine rings is 1. The van der Waals surface area contributed by atoms with E-state index < -0.39 is 0 Å². The van der Waals surface area contributed by atoms with Gasteiger partial charge in [0.15, 0.2) is 0 Å². The number of benzene rings is 1. The first-order chi connectivity index (χ1) is 11.7. The summed E-state index contributed by atoms with van der Waals surface area (Å²) in [5, 5.41) is 9.13. The summed E-state index contributed by atoms with van der Waals surface area (Å²) in [7, 11) is 3.74. The molecule has 2 heterocycles. The fourth-order valence-corrected chi connectivity index (χ4v) is 3.53. The van der Waals surface area contributed by atoms with Crippen LogP contribution in [0.4, 0.5) is 0 Å². The highest BCUT2D eigenvalue weighted by molar-refractivity contribution is 5.42. The summed E-state index contributed by atoms with van der Waals surface area (Å²) in [6.07, 6.45) is 7.35. The van der Waals surface area contributed by atoms with Crippen LogP contribution in [0.15, 0.2) is 30.6 Å². The second-order valence-electron chi connectivity index (χ2n) is 6.54. The molecule has 0 spiro atoms. The predicted octanol–water partition coefficient (Wildman–Crippen LogP) is 2.76. The number of rotatable bonds is 5. The van der Waals surface area contributed by atoms with Crippen molar-refractivity contribution >= 4 is 0 Å². The molecule has 1 aromatic carbocycles. The molecule has 0 aliphatic carbocycles. The van der Waals surface area contributed by atoms with E-state index in [-0.39, 0.29) is 0 Å². The molecule has 1 aliphatic heterocycles. The SMILES string of the molecule is COc1ccc(C#N)cc1CN1CCCC(Cc2nccn2C)C1. The first-order valence-corrected chi connectivity index (χ1v) is 8.45. The number of hydrogen-bond acceptors (Lipinski definition) is 4. The Kier molecular flexibility index (Phi) is 5.17. The van der Waals surface area contributed by atoms with Gasteiger partial charge in [0, 0.05) is 44.5 Å². The van der Waals surface area contributed by atoms with Crippen LogP contribution in [0.2, 0.25) is 0 Å². The van der Waals surface area contributed by atoms with E-state index in [0.29, 0.717) is 11.5 Å². The molecule has 126 valence electrons. The summed E-state index contributed by atoms with van der Waals surface area (Å²) < 4.78 is 7.57. The second-order valence-corrected chi connectivity index (χ2v) is 6.54. The maximum atomic E-state index is 9.13. The smallest absolute Gasteiger partial charge is 0.123 e. The Bertz CT molecular complexity index is 731. The molecule has 0 bridgehead atoms. The first-order valence-electron chi connectivity index (χ1n) is 8.45. The fraction of sp³-hybridized carbons (Fsp3) is 0.474. The normalized spacial score (nSPS) is 18.3. The van der Waals surface area contributed by atoms with Crippen LogP contribution in [0, 0.1) is 17.2 Å². The Balaban J connectivity index is 1.67. The molecule has 1 saturated heterocycles. The van der Waals surface area contributed by atoms with Gasteiger partial charge in [0.1, 0.15) is 11.6 Å². The van der Waals surface area contributed by atoms with Crippen LogP contribution in [0.25, 0.3) is 0 Å². The van der Waals surface area contributed by atoms with Crippen molar-refractivity contribution in [3.8, 4) is 11.8 Å². The molecular weight excluding hydrogens is 300 g/mol. The zero-order valence-corrected chi connectivity index (χ0v) is 14.4. The third-order valence-corrected chi connectivity index (χ3v) is 4.80. The number of methoxy groups -OCH3 is 1. The molecule has 1 unspecified atom stereocenters. The van der Waals surface area contributed by atoms with Gasteiger partial charge in [0.2, 0.25) is 0 Å². The van der Waals surface area contributed by atoms with E-state index in [4.69, 9.17) is 10.00 Å². The lowest BCUT2D eigenvalue weighted by molar-refractivity contribution is 0.164. The monoisotopic (exact) mass is 324 g/mol. The number of imidazole rings is 1. The van der Waals surface area contributed by atoms with E-state index in [2.05, 4.69) is 27.6 Å². The number of hydrogen-bond donors (Lipinski definition) is 0. The summed E-state index contributed by atoms with van der Waals surface area (Å²) >= 11 is 0. The molecular formula is C19H24N4O. The lowest BCUT2D eigenvalue weighted by Gasteiger charge is -2.33. The Morgan fingerprint density at radius 2 is 2.29 bits per heavy atom. The van der Waals surface area contributed by atoms with Gasteiger partial charge in [-0.1, -0.05) is 0 Å². The summed E-state index contributed by atoms with van der Waals surface area (Å²) in [5.74, 6) is 2.65. The molecule has 0 amide bonds. The van der Waals surface area contributed by atoms with Gasteiger partial charge in [-0.05, 0) is 43.5 Å². The molecule has 2 aromatic rings. The zero-order chi connectivity index (χ0) is 16.9. The van der Waals surface area contributed by atoms with E-state index in [1.54, 1.807) is 7.11 Å². The number of likely N-dealkylation sites (tertiary alicyclic amines) is 1. The van der Waals surface area contributed by atoms with Gasteiger partial charge in [0.25, 0.3) is 0 Å². The minimum atomic E-state index is 0.630. The highest BCUT2D eigenvalue weighted by Gasteiger charge is 2.22. The molecule has 1 atom stereocenters. The van der Waals surface area contributed by atoms with Crippen LogP contribution in [-0.4, -0.2) is 34.7 Å². The van der Waals surface area contributed by atoms with Crippen molar-refractivity contribution in [1.29, 1.82) is 5.26 Å². The lowest BCUT2D eigenvalue weighted by Crippen LogP contribution is -2.36. The standard InChI is InChI=1S/C19H24N4O/c1-22-9-7-21-19(22)11-16-4-3-8-23(13-16)14-17-10-15(12-20)5-6-18(17)24-2/h5-7,9-10,16H,3-4,8,11,13-14H2,1-2H3. The van der Waals surface area contributed by atoms with E-state index in [9.17, 15) is 0 Å². The average Bonchev–Trinajstić information content (AvgIpc) is 3.00. The Morgan fingerprint density at radius 1 is 1.42 bits per heavy atom. The van der Waals surface area contributed by atoms with Crippen molar-refractivity contribution in [2.75, 3.05) is 20.2 Å². The van der Waals surface area contributed by atoms with Crippen LogP contribution in [0.1, 0.15) is 29.8 Å². The minimum absolute atomic E-state index is 0.630. The second kappa shape index (κ2) is 7.50. The topological polar surface area (TPSA) is 54.1 Å². The van der Waals surface area contributed by atoms with E-state index in [1.807, 2.05) is 30.6 Å². The fourth-order valence-electron chi connectivity index (χ4n) is 3.53. The van der Waals surface area contributed by atoms with Gasteiger partial charge in [-0.3, -0.25) is 4.90 Å². The molecule has 5 nitrogen and oxygen atoms in total. The molecule has 0 radical (unpaired) electrons. The average molecular weight is 324 g/mol. The van der Waals surface area contributed by atoms with E-state index in [0.717, 1.165) is 43.2 Å². The number of nitrogens with zero attached hydrogens (tertiary/aromatic N) is 4. The van der Waals surface area contributed by atoms with Gasteiger partial charge in [-0.2, -0.15) is 5.26 Å². The summed E-state index contributed by atoms with van der Waals surface area (Å²) in [6.45, 7) is 2.99. The third-order valence-electron chi connectivity index (χ3n) is 4.80. The Morgan fingerprint density at radius 3 is 3.00 bits per heavy atom. The van der Waals surface area contributed by atoms with Crippen molar-refractivity contribution in [2.45, 2.75) is 25.8 Å².